The molecule has 0 bridgehead atoms. The van der Waals surface area contributed by atoms with Gasteiger partial charge in [0.1, 0.15) is 6.61 Å². The van der Waals surface area contributed by atoms with Gasteiger partial charge in [-0.25, -0.2) is 4.79 Å². The van der Waals surface area contributed by atoms with Crippen molar-refractivity contribution in [1.29, 1.82) is 0 Å². The van der Waals surface area contributed by atoms with E-state index in [-0.39, 0.29) is 24.9 Å². The molecule has 3 rings (SSSR count). The Balaban J connectivity index is 1.74. The van der Waals surface area contributed by atoms with Crippen molar-refractivity contribution in [1.82, 2.24) is 4.90 Å². The molecular formula is C22H25NO4. The normalized spacial score (nSPS) is 13.8. The Morgan fingerprint density at radius 1 is 1.04 bits per heavy atom. The number of carboxylic acid groups (broad SMARTS) is 1. The standard InChI is InChI=1S/C22H25NO4/c1-14(2)20(12-21(24)25)23(3)22(26)27-13-19-17-10-6-4-8-15(17)16-9-5-7-11-18(16)19/h4-11,14,19-20H,12-13H2,1-3H3,(H,24,25)/t20-/m1/s1. The summed E-state index contributed by atoms with van der Waals surface area (Å²) < 4.78 is 5.61. The van der Waals surface area contributed by atoms with Crippen molar-refractivity contribution in [2.75, 3.05) is 13.7 Å². The first-order valence-corrected chi connectivity index (χ1v) is 9.19. The summed E-state index contributed by atoms with van der Waals surface area (Å²) in [4.78, 5) is 25.1. The lowest BCUT2D eigenvalue weighted by atomic mass is 9.98. The second-order valence-electron chi connectivity index (χ2n) is 7.32. The monoisotopic (exact) mass is 367 g/mol. The predicted octanol–water partition coefficient (Wildman–Crippen LogP) is 4.37. The van der Waals surface area contributed by atoms with Crippen molar-refractivity contribution in [2.45, 2.75) is 32.2 Å². The first kappa shape index (κ1) is 19.0. The molecule has 0 spiro atoms. The second kappa shape index (κ2) is 7.82. The highest BCUT2D eigenvalue weighted by molar-refractivity contribution is 5.79. The molecule has 2 aromatic rings. The Hall–Kier alpha value is -2.82. The Bertz CT molecular complexity index is 800. The van der Waals surface area contributed by atoms with E-state index in [0.717, 1.165) is 11.1 Å². The van der Waals surface area contributed by atoms with Gasteiger partial charge in [0.15, 0.2) is 0 Å². The zero-order chi connectivity index (χ0) is 19.6. The van der Waals surface area contributed by atoms with Crippen LogP contribution < -0.4 is 0 Å². The molecule has 2 aromatic carbocycles. The van der Waals surface area contributed by atoms with E-state index in [9.17, 15) is 9.59 Å². The number of carbonyl (C=O) groups excluding carboxylic acids is 1. The van der Waals surface area contributed by atoms with E-state index in [2.05, 4.69) is 24.3 Å². The van der Waals surface area contributed by atoms with E-state index in [1.165, 1.54) is 16.0 Å². The Labute approximate surface area is 159 Å². The molecule has 5 heteroatoms. The van der Waals surface area contributed by atoms with Gasteiger partial charge < -0.3 is 14.7 Å². The molecule has 0 unspecified atom stereocenters. The van der Waals surface area contributed by atoms with Gasteiger partial charge in [-0.3, -0.25) is 4.79 Å². The molecule has 142 valence electrons. The maximum absolute atomic E-state index is 12.6. The highest BCUT2D eigenvalue weighted by Gasteiger charge is 2.31. The number of amides is 1. The van der Waals surface area contributed by atoms with Crippen molar-refractivity contribution >= 4 is 12.1 Å². The van der Waals surface area contributed by atoms with Crippen molar-refractivity contribution in [3.05, 3.63) is 59.7 Å². The van der Waals surface area contributed by atoms with E-state index >= 15 is 0 Å². The number of hydrogen-bond acceptors (Lipinski definition) is 3. The molecule has 0 saturated carbocycles. The summed E-state index contributed by atoms with van der Waals surface area (Å²) in [5.74, 6) is -0.912. The summed E-state index contributed by atoms with van der Waals surface area (Å²) in [6.07, 6.45) is -0.588. The third-order valence-electron chi connectivity index (χ3n) is 5.27. The molecule has 1 aliphatic carbocycles. The minimum absolute atomic E-state index is 0.00766. The quantitative estimate of drug-likeness (QED) is 0.823. The number of ether oxygens (including phenoxy) is 1. The number of carbonyl (C=O) groups is 2. The van der Waals surface area contributed by atoms with Crippen LogP contribution in [0.2, 0.25) is 0 Å². The molecule has 0 fully saturated rings. The summed E-state index contributed by atoms with van der Waals surface area (Å²) in [5, 5.41) is 9.11. The van der Waals surface area contributed by atoms with Gasteiger partial charge in [-0.2, -0.15) is 0 Å². The second-order valence-corrected chi connectivity index (χ2v) is 7.32. The SMILES string of the molecule is CC(C)[C@@H](CC(=O)O)N(C)C(=O)OCC1c2ccccc2-c2ccccc21. The van der Waals surface area contributed by atoms with Crippen LogP contribution in [0.25, 0.3) is 11.1 Å². The van der Waals surface area contributed by atoms with E-state index in [0.29, 0.717) is 0 Å². The lowest BCUT2D eigenvalue weighted by Gasteiger charge is -2.29. The molecule has 5 nitrogen and oxygen atoms in total. The van der Waals surface area contributed by atoms with E-state index in [4.69, 9.17) is 9.84 Å². The molecule has 1 amide bonds. The minimum Gasteiger partial charge on any atom is -0.481 e. The Kier molecular flexibility index (Phi) is 5.49. The molecule has 0 radical (unpaired) electrons. The number of hydrogen-bond donors (Lipinski definition) is 1. The number of fused-ring (bicyclic) bond motifs is 3. The van der Waals surface area contributed by atoms with Crippen molar-refractivity contribution in [3.8, 4) is 11.1 Å². The van der Waals surface area contributed by atoms with Crippen LogP contribution >= 0.6 is 0 Å². The van der Waals surface area contributed by atoms with Gasteiger partial charge in [-0.1, -0.05) is 62.4 Å². The third-order valence-corrected chi connectivity index (χ3v) is 5.27. The van der Waals surface area contributed by atoms with Crippen LogP contribution in [-0.2, 0) is 9.53 Å². The van der Waals surface area contributed by atoms with E-state index in [1.54, 1.807) is 7.05 Å². The number of carboxylic acids is 1. The Morgan fingerprint density at radius 3 is 2.04 bits per heavy atom. The molecule has 1 N–H and O–H groups in total. The number of aliphatic carboxylic acids is 1. The molecule has 1 aliphatic rings. The zero-order valence-electron chi connectivity index (χ0n) is 15.9. The predicted molar refractivity (Wildman–Crippen MR) is 104 cm³/mol. The van der Waals surface area contributed by atoms with E-state index < -0.39 is 18.1 Å². The van der Waals surface area contributed by atoms with Crippen LogP contribution in [0.5, 0.6) is 0 Å². The summed E-state index contributed by atoms with van der Waals surface area (Å²) in [5.41, 5.74) is 4.65. The smallest absolute Gasteiger partial charge is 0.409 e. The topological polar surface area (TPSA) is 66.8 Å². The highest BCUT2D eigenvalue weighted by Crippen LogP contribution is 2.44. The minimum atomic E-state index is -0.924. The summed E-state index contributed by atoms with van der Waals surface area (Å²) in [6, 6.07) is 15.9. The van der Waals surface area contributed by atoms with Gasteiger partial charge in [-0.15, -0.1) is 0 Å². The van der Waals surface area contributed by atoms with Gasteiger partial charge in [0.05, 0.1) is 6.42 Å². The molecular weight excluding hydrogens is 342 g/mol. The molecule has 0 saturated heterocycles. The van der Waals surface area contributed by atoms with Crippen molar-refractivity contribution in [3.63, 3.8) is 0 Å². The molecule has 0 aliphatic heterocycles. The fourth-order valence-electron chi connectivity index (χ4n) is 3.83. The number of benzene rings is 2. The van der Waals surface area contributed by atoms with Crippen LogP contribution in [0, 0.1) is 5.92 Å². The van der Waals surface area contributed by atoms with E-state index in [1.807, 2.05) is 38.1 Å². The van der Waals surface area contributed by atoms with Gasteiger partial charge in [-0.05, 0) is 28.2 Å². The Morgan fingerprint density at radius 2 is 1.56 bits per heavy atom. The largest absolute Gasteiger partial charge is 0.481 e. The van der Waals surface area contributed by atoms with Gasteiger partial charge in [0.2, 0.25) is 0 Å². The number of nitrogens with zero attached hydrogens (tertiary/aromatic N) is 1. The zero-order valence-corrected chi connectivity index (χ0v) is 15.9. The van der Waals surface area contributed by atoms with Crippen LogP contribution in [-0.4, -0.2) is 41.8 Å². The van der Waals surface area contributed by atoms with Gasteiger partial charge in [0, 0.05) is 19.0 Å². The molecule has 0 aromatic heterocycles. The van der Waals surface area contributed by atoms with Crippen LogP contribution in [0.4, 0.5) is 4.79 Å². The fourth-order valence-corrected chi connectivity index (χ4v) is 3.83. The highest BCUT2D eigenvalue weighted by atomic mass is 16.6. The first-order chi connectivity index (χ1) is 12.9. The average Bonchev–Trinajstić information content (AvgIpc) is 2.97. The first-order valence-electron chi connectivity index (χ1n) is 9.19. The van der Waals surface area contributed by atoms with Crippen molar-refractivity contribution in [2.24, 2.45) is 5.92 Å². The third kappa shape index (κ3) is 3.82. The summed E-state index contributed by atoms with van der Waals surface area (Å²) in [6.45, 7) is 4.04. The molecule has 27 heavy (non-hydrogen) atoms. The maximum Gasteiger partial charge on any atom is 0.409 e. The molecule has 1 atom stereocenters. The average molecular weight is 367 g/mol. The van der Waals surface area contributed by atoms with Crippen molar-refractivity contribution < 1.29 is 19.4 Å². The fraction of sp³-hybridized carbons (Fsp3) is 0.364. The lowest BCUT2D eigenvalue weighted by molar-refractivity contribution is -0.138. The number of rotatable bonds is 6. The van der Waals surface area contributed by atoms with Gasteiger partial charge in [0.25, 0.3) is 0 Å². The summed E-state index contributed by atoms with van der Waals surface area (Å²) in [7, 11) is 1.60. The maximum atomic E-state index is 12.6. The molecule has 0 heterocycles. The van der Waals surface area contributed by atoms with Crippen LogP contribution in [0.3, 0.4) is 0 Å². The van der Waals surface area contributed by atoms with Gasteiger partial charge >= 0.3 is 12.1 Å². The van der Waals surface area contributed by atoms with Crippen LogP contribution in [0.15, 0.2) is 48.5 Å². The summed E-state index contributed by atoms with van der Waals surface area (Å²) >= 11 is 0. The lowest BCUT2D eigenvalue weighted by Crippen LogP contribution is -2.42. The van der Waals surface area contributed by atoms with Crippen LogP contribution in [0.1, 0.15) is 37.3 Å².